The Kier molecular flexibility index (Phi) is 5.28. The van der Waals surface area contributed by atoms with Crippen LogP contribution in [0.25, 0.3) is 0 Å². The van der Waals surface area contributed by atoms with Gasteiger partial charge in [0.1, 0.15) is 6.61 Å². The van der Waals surface area contributed by atoms with Crippen molar-refractivity contribution in [3.8, 4) is 0 Å². The molecule has 106 valence electrons. The van der Waals surface area contributed by atoms with E-state index in [0.717, 1.165) is 0 Å². The molecule has 0 saturated heterocycles. The van der Waals surface area contributed by atoms with Gasteiger partial charge in [-0.05, 0) is 31.7 Å². The van der Waals surface area contributed by atoms with Crippen LogP contribution < -0.4 is 10.0 Å². The monoisotopic (exact) mass is 288 g/mol. The van der Waals surface area contributed by atoms with Crippen molar-refractivity contribution in [2.75, 3.05) is 25.6 Å². The molecule has 0 aromatic heterocycles. The molecule has 0 saturated carbocycles. The van der Waals surface area contributed by atoms with Crippen LogP contribution in [0, 0.1) is 6.92 Å². The lowest BCUT2D eigenvalue weighted by Crippen LogP contribution is -2.20. The number of carbonyl (C=O) groups excluding carboxylic acids is 1. The zero-order chi connectivity index (χ0) is 14.5. The molecule has 8 heteroatoms. The highest BCUT2D eigenvalue weighted by atomic mass is 32.2. The van der Waals surface area contributed by atoms with Gasteiger partial charge in [-0.2, -0.15) is 0 Å². The van der Waals surface area contributed by atoms with Crippen LogP contribution in [0.15, 0.2) is 23.1 Å². The van der Waals surface area contributed by atoms with Gasteiger partial charge in [-0.1, -0.05) is 6.07 Å². The third-order valence-corrected chi connectivity index (χ3v) is 3.76. The van der Waals surface area contributed by atoms with Crippen molar-refractivity contribution in [1.29, 1.82) is 0 Å². The minimum Gasteiger partial charge on any atom is -0.447 e. The molecule has 0 heterocycles. The number of amides is 1. The topological polar surface area (TPSA) is 105 Å². The van der Waals surface area contributed by atoms with Crippen molar-refractivity contribution in [2.45, 2.75) is 11.8 Å². The van der Waals surface area contributed by atoms with E-state index in [9.17, 15) is 13.2 Å². The van der Waals surface area contributed by atoms with Crippen LogP contribution in [-0.4, -0.2) is 39.9 Å². The minimum absolute atomic E-state index is 0.0399. The molecule has 3 N–H and O–H groups in total. The maximum Gasteiger partial charge on any atom is 0.411 e. The van der Waals surface area contributed by atoms with Crippen molar-refractivity contribution < 1.29 is 23.1 Å². The first-order chi connectivity index (χ1) is 8.90. The van der Waals surface area contributed by atoms with Gasteiger partial charge >= 0.3 is 6.09 Å². The summed E-state index contributed by atoms with van der Waals surface area (Å²) in [5.74, 6) is 0. The number of aliphatic hydroxyl groups is 1. The van der Waals surface area contributed by atoms with Crippen LogP contribution in [0.1, 0.15) is 5.56 Å². The molecule has 0 aliphatic rings. The summed E-state index contributed by atoms with van der Waals surface area (Å²) in [7, 11) is -2.27. The van der Waals surface area contributed by atoms with Crippen molar-refractivity contribution in [3.05, 3.63) is 23.8 Å². The third-order valence-electron chi connectivity index (χ3n) is 2.35. The Morgan fingerprint density at radius 2 is 2.11 bits per heavy atom. The molecule has 7 nitrogen and oxygen atoms in total. The van der Waals surface area contributed by atoms with Gasteiger partial charge < -0.3 is 9.84 Å². The number of hydrogen-bond acceptors (Lipinski definition) is 5. The van der Waals surface area contributed by atoms with E-state index in [2.05, 4.69) is 14.8 Å². The fourth-order valence-corrected chi connectivity index (χ4v) is 2.06. The Hall–Kier alpha value is -1.64. The summed E-state index contributed by atoms with van der Waals surface area (Å²) in [6.45, 7) is 1.32. The Balaban J connectivity index is 2.95. The van der Waals surface area contributed by atoms with E-state index in [0.29, 0.717) is 11.3 Å². The molecule has 1 aromatic rings. The van der Waals surface area contributed by atoms with Crippen LogP contribution in [-0.2, 0) is 14.8 Å². The average molecular weight is 288 g/mol. The van der Waals surface area contributed by atoms with Gasteiger partial charge in [-0.15, -0.1) is 0 Å². The van der Waals surface area contributed by atoms with Gasteiger partial charge in [0.05, 0.1) is 11.5 Å². The molecular formula is C11H16N2O5S. The zero-order valence-corrected chi connectivity index (χ0v) is 11.5. The van der Waals surface area contributed by atoms with Crippen LogP contribution >= 0.6 is 0 Å². The summed E-state index contributed by atoms with van der Waals surface area (Å²) in [6, 6.07) is 4.35. The number of ether oxygens (including phenoxy) is 1. The van der Waals surface area contributed by atoms with Crippen LogP contribution in [0.3, 0.4) is 0 Å². The van der Waals surface area contributed by atoms with Gasteiger partial charge in [-0.3, -0.25) is 5.32 Å². The lowest BCUT2D eigenvalue weighted by molar-refractivity contribution is 0.131. The van der Waals surface area contributed by atoms with E-state index in [1.54, 1.807) is 13.0 Å². The lowest BCUT2D eigenvalue weighted by Gasteiger charge is -2.10. The van der Waals surface area contributed by atoms with Gasteiger partial charge in [0, 0.05) is 5.69 Å². The lowest BCUT2D eigenvalue weighted by atomic mass is 10.2. The fraction of sp³-hybridized carbons (Fsp3) is 0.364. The first kappa shape index (κ1) is 15.4. The molecule has 0 fully saturated rings. The van der Waals surface area contributed by atoms with Gasteiger partial charge in [-0.25, -0.2) is 17.9 Å². The highest BCUT2D eigenvalue weighted by Crippen LogP contribution is 2.20. The Morgan fingerprint density at radius 3 is 2.68 bits per heavy atom. The van der Waals surface area contributed by atoms with E-state index >= 15 is 0 Å². The van der Waals surface area contributed by atoms with Crippen molar-refractivity contribution in [3.63, 3.8) is 0 Å². The summed E-state index contributed by atoms with van der Waals surface area (Å²) in [5.41, 5.74) is 1.02. The smallest absolute Gasteiger partial charge is 0.411 e. The summed E-state index contributed by atoms with van der Waals surface area (Å²) in [6.07, 6.45) is -0.754. The van der Waals surface area contributed by atoms with E-state index in [1.165, 1.54) is 19.2 Å². The number of aliphatic hydroxyl groups excluding tert-OH is 1. The summed E-state index contributed by atoms with van der Waals surface area (Å²) < 4.78 is 30.1. The summed E-state index contributed by atoms with van der Waals surface area (Å²) in [5, 5.41) is 10.9. The number of aryl methyl sites for hydroxylation is 1. The first-order valence-corrected chi connectivity index (χ1v) is 6.98. The third kappa shape index (κ3) is 4.19. The van der Waals surface area contributed by atoms with Gasteiger partial charge in [0.15, 0.2) is 0 Å². The predicted octanol–water partition coefficient (Wildman–Crippen LogP) is 0.444. The molecule has 0 unspecified atom stereocenters. The maximum absolute atomic E-state index is 11.6. The molecule has 0 spiro atoms. The molecule has 0 bridgehead atoms. The van der Waals surface area contributed by atoms with Crippen LogP contribution in [0.4, 0.5) is 10.5 Å². The molecule has 1 rings (SSSR count). The minimum atomic E-state index is -3.57. The number of benzene rings is 1. The second-order valence-corrected chi connectivity index (χ2v) is 5.56. The average Bonchev–Trinajstić information content (AvgIpc) is 2.38. The second-order valence-electron chi connectivity index (χ2n) is 3.67. The number of nitrogens with one attached hydrogen (secondary N) is 2. The zero-order valence-electron chi connectivity index (χ0n) is 10.6. The Morgan fingerprint density at radius 1 is 1.42 bits per heavy atom. The summed E-state index contributed by atoms with van der Waals surface area (Å²) >= 11 is 0. The molecule has 0 radical (unpaired) electrons. The standard InChI is InChI=1S/C11H16N2O5S/c1-8-3-4-9(19(16,17)12-2)7-10(8)13-11(15)18-6-5-14/h3-4,7,12,14H,5-6H2,1-2H3,(H,13,15). The highest BCUT2D eigenvalue weighted by Gasteiger charge is 2.14. The predicted molar refractivity (Wildman–Crippen MR) is 69.5 cm³/mol. The molecule has 0 aliphatic heterocycles. The summed E-state index contributed by atoms with van der Waals surface area (Å²) in [4.78, 5) is 11.4. The quantitative estimate of drug-likeness (QED) is 0.729. The number of carbonyl (C=O) groups is 1. The molecule has 0 atom stereocenters. The van der Waals surface area contributed by atoms with E-state index < -0.39 is 16.1 Å². The Labute approximate surface area is 111 Å². The maximum atomic E-state index is 11.6. The SMILES string of the molecule is CNS(=O)(=O)c1ccc(C)c(NC(=O)OCCO)c1. The number of anilines is 1. The molecule has 1 amide bonds. The number of hydrogen-bond donors (Lipinski definition) is 3. The van der Waals surface area contributed by atoms with Crippen molar-refractivity contribution in [2.24, 2.45) is 0 Å². The van der Waals surface area contributed by atoms with E-state index in [-0.39, 0.29) is 18.1 Å². The first-order valence-electron chi connectivity index (χ1n) is 5.49. The van der Waals surface area contributed by atoms with Crippen molar-refractivity contribution in [1.82, 2.24) is 4.72 Å². The number of sulfonamides is 1. The van der Waals surface area contributed by atoms with Crippen molar-refractivity contribution >= 4 is 21.8 Å². The molecule has 19 heavy (non-hydrogen) atoms. The molecule has 0 aliphatic carbocycles. The largest absolute Gasteiger partial charge is 0.447 e. The molecule has 1 aromatic carbocycles. The Bertz CT molecular complexity index is 556. The van der Waals surface area contributed by atoms with E-state index in [4.69, 9.17) is 5.11 Å². The fourth-order valence-electron chi connectivity index (χ4n) is 1.31. The van der Waals surface area contributed by atoms with Gasteiger partial charge in [0.25, 0.3) is 0 Å². The second kappa shape index (κ2) is 6.50. The number of rotatable bonds is 5. The van der Waals surface area contributed by atoms with Gasteiger partial charge in [0.2, 0.25) is 10.0 Å². The normalized spacial score (nSPS) is 11.1. The molecular weight excluding hydrogens is 272 g/mol. The van der Waals surface area contributed by atoms with Crippen LogP contribution in [0.5, 0.6) is 0 Å². The van der Waals surface area contributed by atoms with E-state index in [1.807, 2.05) is 0 Å². The highest BCUT2D eigenvalue weighted by molar-refractivity contribution is 7.89. The van der Waals surface area contributed by atoms with Crippen LogP contribution in [0.2, 0.25) is 0 Å².